The molecule has 0 amide bonds. The maximum atomic E-state index is 11.4. The molecule has 3 N–H and O–H groups in total. The number of carbonyl (C=O) groups is 2. The van der Waals surface area contributed by atoms with E-state index in [-0.39, 0.29) is 25.3 Å². The summed E-state index contributed by atoms with van der Waals surface area (Å²) in [6, 6.07) is 0. The average Bonchev–Trinajstić information content (AvgIpc) is 2.18. The highest BCUT2D eigenvalue weighted by Crippen LogP contribution is 2.09. The maximum absolute atomic E-state index is 11.4. The van der Waals surface area contributed by atoms with Gasteiger partial charge in [-0.05, 0) is 20.3 Å². The molecular weight excluding hydrogens is 212 g/mol. The number of hydrogen-bond donors (Lipinski definition) is 2. The van der Waals surface area contributed by atoms with Gasteiger partial charge in [-0.2, -0.15) is 0 Å². The number of nitrogens with one attached hydrogen (secondary N) is 1. The fourth-order valence-electron chi connectivity index (χ4n) is 1.14. The third-order valence-corrected chi connectivity index (χ3v) is 1.89. The van der Waals surface area contributed by atoms with Crippen molar-refractivity contribution in [1.29, 1.82) is 5.41 Å². The van der Waals surface area contributed by atoms with Crippen LogP contribution >= 0.6 is 0 Å². The fraction of sp³-hybridized carbons (Fsp3) is 0.700. The molecule has 0 heterocycles. The van der Waals surface area contributed by atoms with Crippen molar-refractivity contribution >= 4 is 17.8 Å². The molecule has 1 atom stereocenters. The highest BCUT2D eigenvalue weighted by Gasteiger charge is 2.24. The predicted molar refractivity (Wildman–Crippen MR) is 57.9 cm³/mol. The lowest BCUT2D eigenvalue weighted by atomic mass is 10.0. The SMILES string of the molecule is CCOC(=O)CC[C@H](C(=N)N)C(=O)OCC. The van der Waals surface area contributed by atoms with E-state index in [9.17, 15) is 9.59 Å². The standard InChI is InChI=1S/C10H18N2O4/c1-3-15-8(13)6-5-7(9(11)12)10(14)16-4-2/h7H,3-6H2,1-2H3,(H3,11,12)/t7-/m1/s1. The first-order valence-corrected chi connectivity index (χ1v) is 5.19. The van der Waals surface area contributed by atoms with Crippen LogP contribution in [0.4, 0.5) is 0 Å². The molecule has 0 aliphatic heterocycles. The summed E-state index contributed by atoms with van der Waals surface area (Å²) in [6.45, 7) is 3.89. The van der Waals surface area contributed by atoms with E-state index in [4.69, 9.17) is 20.6 Å². The Bertz CT molecular complexity index is 266. The molecule has 0 radical (unpaired) electrons. The minimum atomic E-state index is -0.857. The summed E-state index contributed by atoms with van der Waals surface area (Å²) in [5.74, 6) is -2.12. The van der Waals surface area contributed by atoms with Gasteiger partial charge < -0.3 is 15.2 Å². The van der Waals surface area contributed by atoms with Gasteiger partial charge in [0.2, 0.25) is 0 Å². The number of nitrogens with two attached hydrogens (primary N) is 1. The molecule has 6 nitrogen and oxygen atoms in total. The van der Waals surface area contributed by atoms with Gasteiger partial charge in [0.15, 0.2) is 0 Å². The van der Waals surface area contributed by atoms with Gasteiger partial charge >= 0.3 is 11.9 Å². The van der Waals surface area contributed by atoms with Crippen LogP contribution in [0.3, 0.4) is 0 Å². The van der Waals surface area contributed by atoms with Crippen molar-refractivity contribution in [2.75, 3.05) is 13.2 Å². The zero-order valence-electron chi connectivity index (χ0n) is 9.62. The Morgan fingerprint density at radius 3 is 2.25 bits per heavy atom. The third kappa shape index (κ3) is 5.33. The molecule has 0 aliphatic rings. The summed E-state index contributed by atoms with van der Waals surface area (Å²) in [5.41, 5.74) is 5.26. The van der Waals surface area contributed by atoms with Crippen LogP contribution in [0.15, 0.2) is 0 Å². The zero-order chi connectivity index (χ0) is 12.6. The average molecular weight is 230 g/mol. The molecule has 0 spiro atoms. The second-order valence-electron chi connectivity index (χ2n) is 3.10. The fourth-order valence-corrected chi connectivity index (χ4v) is 1.14. The number of esters is 2. The first-order valence-electron chi connectivity index (χ1n) is 5.19. The molecule has 92 valence electrons. The molecule has 0 saturated heterocycles. The lowest BCUT2D eigenvalue weighted by molar-refractivity contribution is -0.147. The van der Waals surface area contributed by atoms with E-state index in [0.717, 1.165) is 0 Å². The van der Waals surface area contributed by atoms with Crippen LogP contribution in [-0.2, 0) is 19.1 Å². The minimum Gasteiger partial charge on any atom is -0.466 e. The van der Waals surface area contributed by atoms with E-state index in [1.165, 1.54) is 0 Å². The highest BCUT2D eigenvalue weighted by atomic mass is 16.5. The number of rotatable bonds is 7. The lowest BCUT2D eigenvalue weighted by Gasteiger charge is -2.13. The van der Waals surface area contributed by atoms with Crippen LogP contribution in [0.25, 0.3) is 0 Å². The highest BCUT2D eigenvalue weighted by molar-refractivity contribution is 5.98. The molecule has 0 saturated carbocycles. The van der Waals surface area contributed by atoms with Crippen LogP contribution < -0.4 is 5.73 Å². The normalized spacial score (nSPS) is 11.6. The Balaban J connectivity index is 4.19. The summed E-state index contributed by atoms with van der Waals surface area (Å²) >= 11 is 0. The molecule has 0 aromatic heterocycles. The maximum Gasteiger partial charge on any atom is 0.316 e. The van der Waals surface area contributed by atoms with Gasteiger partial charge in [0.05, 0.1) is 13.2 Å². The largest absolute Gasteiger partial charge is 0.466 e. The van der Waals surface area contributed by atoms with Gasteiger partial charge in [-0.25, -0.2) is 0 Å². The third-order valence-electron chi connectivity index (χ3n) is 1.89. The number of hydrogen-bond acceptors (Lipinski definition) is 5. The van der Waals surface area contributed by atoms with Crippen molar-refractivity contribution in [3.63, 3.8) is 0 Å². The van der Waals surface area contributed by atoms with Crippen LogP contribution in [0, 0.1) is 11.3 Å². The first-order chi connectivity index (χ1) is 7.52. The summed E-state index contributed by atoms with van der Waals surface area (Å²) in [5, 5.41) is 7.23. The topological polar surface area (TPSA) is 102 Å². The Morgan fingerprint density at radius 1 is 1.25 bits per heavy atom. The van der Waals surface area contributed by atoms with E-state index in [0.29, 0.717) is 6.61 Å². The second-order valence-corrected chi connectivity index (χ2v) is 3.10. The number of ether oxygens (including phenoxy) is 2. The summed E-state index contributed by atoms with van der Waals surface area (Å²) in [7, 11) is 0. The van der Waals surface area contributed by atoms with Gasteiger partial charge in [-0.3, -0.25) is 15.0 Å². The molecule has 16 heavy (non-hydrogen) atoms. The molecular formula is C10H18N2O4. The van der Waals surface area contributed by atoms with Gasteiger partial charge in [0.1, 0.15) is 11.8 Å². The number of amidine groups is 1. The smallest absolute Gasteiger partial charge is 0.316 e. The predicted octanol–water partition coefficient (Wildman–Crippen LogP) is 0.445. The molecule has 0 aliphatic carbocycles. The van der Waals surface area contributed by atoms with Crippen molar-refractivity contribution < 1.29 is 19.1 Å². The van der Waals surface area contributed by atoms with Crippen molar-refractivity contribution in [3.05, 3.63) is 0 Å². The molecule has 0 aromatic carbocycles. The van der Waals surface area contributed by atoms with E-state index < -0.39 is 17.9 Å². The van der Waals surface area contributed by atoms with Crippen molar-refractivity contribution in [3.8, 4) is 0 Å². The van der Waals surface area contributed by atoms with Crippen LogP contribution in [0.2, 0.25) is 0 Å². The van der Waals surface area contributed by atoms with Gasteiger partial charge in [0.25, 0.3) is 0 Å². The van der Waals surface area contributed by atoms with Crippen LogP contribution in [0.1, 0.15) is 26.7 Å². The minimum absolute atomic E-state index is 0.0525. The van der Waals surface area contributed by atoms with Gasteiger partial charge in [-0.1, -0.05) is 0 Å². The molecule has 0 fully saturated rings. The van der Waals surface area contributed by atoms with E-state index in [2.05, 4.69) is 0 Å². The first kappa shape index (κ1) is 14.4. The van der Waals surface area contributed by atoms with E-state index >= 15 is 0 Å². The second kappa shape index (κ2) is 7.67. The number of carbonyl (C=O) groups excluding carboxylic acids is 2. The molecule has 0 unspecified atom stereocenters. The van der Waals surface area contributed by atoms with E-state index in [1.807, 2.05) is 0 Å². The molecule has 0 bridgehead atoms. The van der Waals surface area contributed by atoms with Crippen LogP contribution in [0.5, 0.6) is 0 Å². The quantitative estimate of drug-likeness (QED) is 0.375. The molecule has 0 rings (SSSR count). The Kier molecular flexibility index (Phi) is 6.91. The van der Waals surface area contributed by atoms with Crippen molar-refractivity contribution in [2.45, 2.75) is 26.7 Å². The summed E-state index contributed by atoms with van der Waals surface area (Å²) in [6.07, 6.45) is 0.198. The summed E-state index contributed by atoms with van der Waals surface area (Å²) < 4.78 is 9.46. The van der Waals surface area contributed by atoms with Gasteiger partial charge in [-0.15, -0.1) is 0 Å². The monoisotopic (exact) mass is 230 g/mol. The van der Waals surface area contributed by atoms with Crippen molar-refractivity contribution in [1.82, 2.24) is 0 Å². The Labute approximate surface area is 94.6 Å². The summed E-state index contributed by atoms with van der Waals surface area (Å²) in [4.78, 5) is 22.4. The lowest BCUT2D eigenvalue weighted by Crippen LogP contribution is -2.31. The van der Waals surface area contributed by atoms with E-state index in [1.54, 1.807) is 13.8 Å². The van der Waals surface area contributed by atoms with Crippen molar-refractivity contribution in [2.24, 2.45) is 11.7 Å². The molecule has 0 aromatic rings. The molecule has 6 heteroatoms. The van der Waals surface area contributed by atoms with Crippen LogP contribution in [-0.4, -0.2) is 31.0 Å². The van der Waals surface area contributed by atoms with Gasteiger partial charge in [0, 0.05) is 6.42 Å². The Hall–Kier alpha value is -1.59. The zero-order valence-corrected chi connectivity index (χ0v) is 9.62. The Morgan fingerprint density at radius 2 is 1.81 bits per heavy atom.